The Bertz CT molecular complexity index is 1250. The molecule has 4 heterocycles. The standard InChI is InChI=1S/C22H18N4O4S2/c27-20(13-5-3-9-23-11-13)25-21-18(14-6-1-2-7-15(14)32-21)22(28)29-12-17-24-19(26-30-17)16-8-4-10-31-16/h3-5,8-11H,1-2,6-7,12H2,(H,25,27). The topological polar surface area (TPSA) is 107 Å². The highest BCUT2D eigenvalue weighted by atomic mass is 32.1. The predicted molar refractivity (Wildman–Crippen MR) is 120 cm³/mol. The van der Waals surface area contributed by atoms with Crippen LogP contribution in [0, 0.1) is 0 Å². The number of anilines is 1. The highest BCUT2D eigenvalue weighted by molar-refractivity contribution is 7.17. The SMILES string of the molecule is O=C(Nc1sc2c(c1C(=O)OCc1nc(-c3cccs3)no1)CCCC2)c1cccnc1. The van der Waals surface area contributed by atoms with Gasteiger partial charge in [0.2, 0.25) is 5.82 Å². The third-order valence-corrected chi connectivity index (χ3v) is 7.14. The zero-order chi connectivity index (χ0) is 21.9. The van der Waals surface area contributed by atoms with Crippen molar-refractivity contribution in [3.05, 3.63) is 69.5 Å². The zero-order valence-electron chi connectivity index (χ0n) is 16.9. The summed E-state index contributed by atoms with van der Waals surface area (Å²) in [6, 6.07) is 7.16. The number of carbonyl (C=O) groups excluding carboxylic acids is 2. The number of hydrogen-bond acceptors (Lipinski definition) is 9. The zero-order valence-corrected chi connectivity index (χ0v) is 18.5. The molecule has 0 unspecified atom stereocenters. The summed E-state index contributed by atoms with van der Waals surface area (Å²) in [6.07, 6.45) is 6.81. The molecule has 0 aliphatic heterocycles. The van der Waals surface area contributed by atoms with Gasteiger partial charge in [-0.1, -0.05) is 11.2 Å². The van der Waals surface area contributed by atoms with Gasteiger partial charge in [0.15, 0.2) is 6.61 Å². The summed E-state index contributed by atoms with van der Waals surface area (Å²) in [5.74, 6) is -0.153. The molecule has 32 heavy (non-hydrogen) atoms. The van der Waals surface area contributed by atoms with Gasteiger partial charge < -0.3 is 14.6 Å². The van der Waals surface area contributed by atoms with E-state index in [0.29, 0.717) is 22.0 Å². The number of ether oxygens (including phenoxy) is 1. The van der Waals surface area contributed by atoms with Crippen molar-refractivity contribution in [1.29, 1.82) is 0 Å². The number of hydrogen-bond donors (Lipinski definition) is 1. The first kappa shape index (κ1) is 20.5. The lowest BCUT2D eigenvalue weighted by molar-refractivity contribution is 0.0430. The van der Waals surface area contributed by atoms with Crippen molar-refractivity contribution in [2.45, 2.75) is 32.3 Å². The Morgan fingerprint density at radius 1 is 1.19 bits per heavy atom. The Hall–Kier alpha value is -3.37. The van der Waals surface area contributed by atoms with E-state index in [-0.39, 0.29) is 18.4 Å². The summed E-state index contributed by atoms with van der Waals surface area (Å²) in [7, 11) is 0. The number of esters is 1. The van der Waals surface area contributed by atoms with Crippen molar-refractivity contribution in [2.24, 2.45) is 0 Å². The first-order valence-corrected chi connectivity index (χ1v) is 11.8. The van der Waals surface area contributed by atoms with Crippen molar-refractivity contribution in [3.8, 4) is 10.7 Å². The fourth-order valence-electron chi connectivity index (χ4n) is 3.56. The second-order valence-corrected chi connectivity index (χ2v) is 9.23. The molecule has 0 spiro atoms. The normalized spacial score (nSPS) is 12.9. The Balaban J connectivity index is 1.35. The maximum atomic E-state index is 13.1. The molecule has 162 valence electrons. The predicted octanol–water partition coefficient (Wildman–Crippen LogP) is 4.74. The van der Waals surface area contributed by atoms with Gasteiger partial charge in [0.25, 0.3) is 11.8 Å². The fraction of sp³-hybridized carbons (Fsp3) is 0.227. The van der Waals surface area contributed by atoms with Gasteiger partial charge in [-0.25, -0.2) is 4.79 Å². The molecule has 0 saturated carbocycles. The minimum Gasteiger partial charge on any atom is -0.452 e. The highest BCUT2D eigenvalue weighted by Crippen LogP contribution is 2.39. The second-order valence-electron chi connectivity index (χ2n) is 7.18. The number of nitrogens with zero attached hydrogens (tertiary/aromatic N) is 3. The molecular formula is C22H18N4O4S2. The molecule has 10 heteroatoms. The molecule has 8 nitrogen and oxygen atoms in total. The van der Waals surface area contributed by atoms with Gasteiger partial charge in [-0.2, -0.15) is 4.98 Å². The molecule has 1 N–H and O–H groups in total. The van der Waals surface area contributed by atoms with Crippen molar-refractivity contribution in [2.75, 3.05) is 5.32 Å². The van der Waals surface area contributed by atoms with Crippen LogP contribution in [-0.2, 0) is 24.2 Å². The van der Waals surface area contributed by atoms with Crippen molar-refractivity contribution >= 4 is 39.6 Å². The first-order valence-electron chi connectivity index (χ1n) is 10.1. The molecule has 5 rings (SSSR count). The van der Waals surface area contributed by atoms with Gasteiger partial charge in [0.05, 0.1) is 16.0 Å². The van der Waals surface area contributed by atoms with Gasteiger partial charge in [0, 0.05) is 17.3 Å². The molecule has 1 aliphatic carbocycles. The van der Waals surface area contributed by atoms with E-state index in [1.807, 2.05) is 17.5 Å². The van der Waals surface area contributed by atoms with Crippen LogP contribution < -0.4 is 5.32 Å². The monoisotopic (exact) mass is 466 g/mol. The summed E-state index contributed by atoms with van der Waals surface area (Å²) in [6.45, 7) is -0.141. The van der Waals surface area contributed by atoms with Crippen molar-refractivity contribution in [3.63, 3.8) is 0 Å². The number of nitrogens with one attached hydrogen (secondary N) is 1. The van der Waals surface area contributed by atoms with E-state index >= 15 is 0 Å². The van der Waals surface area contributed by atoms with E-state index in [0.717, 1.165) is 41.0 Å². The molecule has 1 aliphatic rings. The van der Waals surface area contributed by atoms with E-state index < -0.39 is 5.97 Å². The van der Waals surface area contributed by atoms with E-state index in [1.165, 1.54) is 28.9 Å². The van der Waals surface area contributed by atoms with Crippen LogP contribution in [0.2, 0.25) is 0 Å². The molecule has 4 aromatic heterocycles. The lowest BCUT2D eigenvalue weighted by Gasteiger charge is -2.12. The molecule has 4 aromatic rings. The third kappa shape index (κ3) is 4.19. The number of amides is 1. The van der Waals surface area contributed by atoms with Crippen LogP contribution in [0.4, 0.5) is 5.00 Å². The summed E-state index contributed by atoms with van der Waals surface area (Å²) >= 11 is 2.93. The van der Waals surface area contributed by atoms with Crippen LogP contribution >= 0.6 is 22.7 Å². The number of aromatic nitrogens is 3. The average molecular weight is 467 g/mol. The number of pyridine rings is 1. The first-order chi connectivity index (χ1) is 15.7. The van der Waals surface area contributed by atoms with E-state index in [9.17, 15) is 9.59 Å². The number of rotatable bonds is 6. The lowest BCUT2D eigenvalue weighted by Crippen LogP contribution is -2.16. The Labute approximate surface area is 191 Å². The number of fused-ring (bicyclic) bond motifs is 1. The molecule has 1 amide bonds. The molecule has 0 atom stereocenters. The highest BCUT2D eigenvalue weighted by Gasteiger charge is 2.28. The lowest BCUT2D eigenvalue weighted by atomic mass is 9.95. The largest absolute Gasteiger partial charge is 0.452 e. The smallest absolute Gasteiger partial charge is 0.341 e. The summed E-state index contributed by atoms with van der Waals surface area (Å²) in [5.41, 5.74) is 1.79. The fourth-order valence-corrected chi connectivity index (χ4v) is 5.48. The third-order valence-electron chi connectivity index (χ3n) is 5.06. The van der Waals surface area contributed by atoms with Crippen LogP contribution in [0.3, 0.4) is 0 Å². The number of thiophene rings is 2. The molecule has 0 fully saturated rings. The summed E-state index contributed by atoms with van der Waals surface area (Å²) in [5, 5.41) is 9.23. The minimum atomic E-state index is -0.512. The van der Waals surface area contributed by atoms with E-state index in [2.05, 4.69) is 20.4 Å². The van der Waals surface area contributed by atoms with Crippen LogP contribution in [-0.4, -0.2) is 27.0 Å². The molecule has 0 saturated heterocycles. The van der Waals surface area contributed by atoms with Crippen LogP contribution in [0.15, 0.2) is 46.6 Å². The van der Waals surface area contributed by atoms with E-state index in [4.69, 9.17) is 9.26 Å². The van der Waals surface area contributed by atoms with Gasteiger partial charge >= 0.3 is 5.97 Å². The molecule has 0 bridgehead atoms. The second kappa shape index (κ2) is 9.01. The maximum absolute atomic E-state index is 13.1. The Kier molecular flexibility index (Phi) is 5.78. The summed E-state index contributed by atoms with van der Waals surface area (Å²) in [4.78, 5) is 36.0. The van der Waals surface area contributed by atoms with Gasteiger partial charge in [0.1, 0.15) is 5.00 Å². The van der Waals surface area contributed by atoms with Gasteiger partial charge in [-0.15, -0.1) is 22.7 Å². The maximum Gasteiger partial charge on any atom is 0.341 e. The quantitative estimate of drug-likeness (QED) is 0.409. The minimum absolute atomic E-state index is 0.141. The Morgan fingerprint density at radius 2 is 2.09 bits per heavy atom. The van der Waals surface area contributed by atoms with Crippen molar-refractivity contribution < 1.29 is 18.8 Å². The molecular weight excluding hydrogens is 448 g/mol. The van der Waals surface area contributed by atoms with Crippen LogP contribution in [0.5, 0.6) is 0 Å². The number of aryl methyl sites for hydroxylation is 1. The van der Waals surface area contributed by atoms with Gasteiger partial charge in [-0.05, 0) is 54.8 Å². The number of carbonyl (C=O) groups is 2. The Morgan fingerprint density at radius 3 is 2.91 bits per heavy atom. The van der Waals surface area contributed by atoms with E-state index in [1.54, 1.807) is 18.3 Å². The van der Waals surface area contributed by atoms with Gasteiger partial charge in [-0.3, -0.25) is 9.78 Å². The van der Waals surface area contributed by atoms with Crippen molar-refractivity contribution in [1.82, 2.24) is 15.1 Å². The molecule has 0 radical (unpaired) electrons. The van der Waals surface area contributed by atoms with Crippen LogP contribution in [0.25, 0.3) is 10.7 Å². The average Bonchev–Trinajstić information content (AvgIpc) is 3.57. The molecule has 0 aromatic carbocycles. The van der Waals surface area contributed by atoms with Crippen LogP contribution in [0.1, 0.15) is 49.9 Å². The summed E-state index contributed by atoms with van der Waals surface area (Å²) < 4.78 is 10.7.